The number of primary amides is 1. The average Bonchev–Trinajstić information content (AvgIpc) is 2.81. The molecule has 6 heteroatoms. The highest BCUT2D eigenvalue weighted by Gasteiger charge is 2.06. The first-order valence-electron chi connectivity index (χ1n) is 9.79. The van der Waals surface area contributed by atoms with Crippen molar-refractivity contribution in [3.8, 4) is 23.3 Å². The molecule has 0 unspecified atom stereocenters. The van der Waals surface area contributed by atoms with Crippen molar-refractivity contribution in [3.63, 3.8) is 0 Å². The van der Waals surface area contributed by atoms with Crippen LogP contribution in [0.5, 0.6) is 11.5 Å². The Morgan fingerprint density at radius 2 is 1.69 bits per heavy atom. The summed E-state index contributed by atoms with van der Waals surface area (Å²) in [6, 6.07) is 22.1. The minimum absolute atomic E-state index is 0.247. The first kappa shape index (κ1) is 22.2. The topological polar surface area (TPSA) is 90.7 Å². The van der Waals surface area contributed by atoms with E-state index in [9.17, 15) is 9.59 Å². The fourth-order valence-electron chi connectivity index (χ4n) is 2.75. The largest absolute Gasteiger partial charge is 0.493 e. The van der Waals surface area contributed by atoms with Gasteiger partial charge in [0, 0.05) is 22.9 Å². The minimum Gasteiger partial charge on any atom is -0.493 e. The molecule has 0 radical (unpaired) electrons. The van der Waals surface area contributed by atoms with Gasteiger partial charge in [-0.3, -0.25) is 9.59 Å². The number of nitrogens with one attached hydrogen (secondary N) is 1. The van der Waals surface area contributed by atoms with Gasteiger partial charge >= 0.3 is 0 Å². The first-order valence-corrected chi connectivity index (χ1v) is 9.79. The number of benzene rings is 3. The molecule has 6 nitrogen and oxygen atoms in total. The normalized spacial score (nSPS) is 10.2. The van der Waals surface area contributed by atoms with Crippen molar-refractivity contribution >= 4 is 23.6 Å². The van der Waals surface area contributed by atoms with E-state index in [1.165, 1.54) is 13.2 Å². The van der Waals surface area contributed by atoms with Crippen molar-refractivity contribution < 1.29 is 19.1 Å². The maximum Gasteiger partial charge on any atom is 0.255 e. The molecule has 0 aromatic heterocycles. The zero-order valence-electron chi connectivity index (χ0n) is 17.5. The smallest absolute Gasteiger partial charge is 0.255 e. The summed E-state index contributed by atoms with van der Waals surface area (Å²) >= 11 is 0. The zero-order valence-corrected chi connectivity index (χ0v) is 17.5. The van der Waals surface area contributed by atoms with Gasteiger partial charge in [-0.05, 0) is 54.1 Å². The molecule has 0 fully saturated rings. The second-order valence-electron chi connectivity index (χ2n) is 6.68. The predicted molar refractivity (Wildman–Crippen MR) is 124 cm³/mol. The molecule has 0 aliphatic heterocycles. The molecule has 0 heterocycles. The second-order valence-corrected chi connectivity index (χ2v) is 6.68. The molecule has 0 aliphatic carbocycles. The van der Waals surface area contributed by atoms with Crippen LogP contribution in [0.1, 0.15) is 16.7 Å². The Kier molecular flexibility index (Phi) is 7.66. The number of methoxy groups -OCH3 is 1. The molecule has 32 heavy (non-hydrogen) atoms. The van der Waals surface area contributed by atoms with E-state index in [4.69, 9.17) is 15.2 Å². The number of carbonyl (C=O) groups is 2. The van der Waals surface area contributed by atoms with Gasteiger partial charge in [0.05, 0.1) is 7.11 Å². The van der Waals surface area contributed by atoms with Crippen LogP contribution in [0, 0.1) is 11.8 Å². The van der Waals surface area contributed by atoms with E-state index < -0.39 is 5.91 Å². The fourth-order valence-corrected chi connectivity index (χ4v) is 2.75. The lowest BCUT2D eigenvalue weighted by atomic mass is 10.1. The lowest BCUT2D eigenvalue weighted by Gasteiger charge is -2.10. The Morgan fingerprint density at radius 1 is 0.938 bits per heavy atom. The highest BCUT2D eigenvalue weighted by Crippen LogP contribution is 2.28. The molecule has 160 valence electrons. The molecular weight excluding hydrogens is 404 g/mol. The molecule has 3 rings (SSSR count). The molecule has 2 amide bonds. The molecule has 0 aliphatic rings. The number of anilines is 1. The fraction of sp³-hybridized carbons (Fsp3) is 0.0769. The van der Waals surface area contributed by atoms with Crippen molar-refractivity contribution in [1.82, 2.24) is 0 Å². The van der Waals surface area contributed by atoms with E-state index in [1.54, 1.807) is 30.3 Å². The number of hydrogen-bond acceptors (Lipinski definition) is 4. The molecule has 0 spiro atoms. The van der Waals surface area contributed by atoms with Gasteiger partial charge in [-0.2, -0.15) is 0 Å². The first-order chi connectivity index (χ1) is 15.5. The maximum atomic E-state index is 12.3. The third kappa shape index (κ3) is 6.78. The monoisotopic (exact) mass is 426 g/mol. The molecular formula is C26H22N2O4. The highest BCUT2D eigenvalue weighted by molar-refractivity contribution is 6.02. The summed E-state index contributed by atoms with van der Waals surface area (Å²) in [5.74, 6) is 6.14. The van der Waals surface area contributed by atoms with Crippen molar-refractivity contribution in [2.45, 2.75) is 0 Å². The van der Waals surface area contributed by atoms with E-state index >= 15 is 0 Å². The molecule has 3 aromatic rings. The van der Waals surface area contributed by atoms with Gasteiger partial charge < -0.3 is 20.5 Å². The number of hydrogen-bond donors (Lipinski definition) is 2. The quantitative estimate of drug-likeness (QED) is 0.446. The van der Waals surface area contributed by atoms with Gasteiger partial charge in [-0.1, -0.05) is 42.2 Å². The summed E-state index contributed by atoms with van der Waals surface area (Å²) in [5.41, 5.74) is 8.18. The van der Waals surface area contributed by atoms with Crippen molar-refractivity contribution in [2.24, 2.45) is 5.73 Å². The van der Waals surface area contributed by atoms with Gasteiger partial charge in [0.2, 0.25) is 5.91 Å². The molecule has 0 bridgehead atoms. The molecule has 3 N–H and O–H groups in total. The van der Waals surface area contributed by atoms with E-state index in [2.05, 4.69) is 17.2 Å². The lowest BCUT2D eigenvalue weighted by molar-refractivity contribution is -0.120. The number of nitrogens with two attached hydrogens (primary N) is 1. The molecule has 0 atom stereocenters. The number of amides is 2. The van der Waals surface area contributed by atoms with E-state index in [0.29, 0.717) is 17.2 Å². The van der Waals surface area contributed by atoms with Crippen LogP contribution in [-0.2, 0) is 9.59 Å². The van der Waals surface area contributed by atoms with Gasteiger partial charge in [0.1, 0.15) is 0 Å². The molecule has 3 aromatic carbocycles. The SMILES string of the molecule is COc1cc(/C=C/C(=O)Nc2cccc(C#Cc3ccccc3)c2)ccc1OCC(N)=O. The Bertz CT molecular complexity index is 1190. The van der Waals surface area contributed by atoms with Gasteiger partial charge in [-0.15, -0.1) is 0 Å². The standard InChI is InChI=1S/C26H22N2O4/c1-31-24-17-21(12-14-23(24)32-18-25(27)29)13-15-26(30)28-22-9-5-8-20(16-22)11-10-19-6-3-2-4-7-19/h2-9,12-17H,18H2,1H3,(H2,27,29)(H,28,30)/b15-13+. The number of ether oxygens (including phenoxy) is 2. The third-order valence-electron chi connectivity index (χ3n) is 4.24. The van der Waals surface area contributed by atoms with E-state index in [1.807, 2.05) is 48.5 Å². The van der Waals surface area contributed by atoms with Crippen molar-refractivity contribution in [2.75, 3.05) is 19.0 Å². The lowest BCUT2D eigenvalue weighted by Crippen LogP contribution is -2.20. The minimum atomic E-state index is -0.581. The summed E-state index contributed by atoms with van der Waals surface area (Å²) in [5, 5.41) is 2.82. The van der Waals surface area contributed by atoms with Crippen LogP contribution in [0.3, 0.4) is 0 Å². The Hall–Kier alpha value is -4.50. The number of rotatable bonds is 7. The number of carbonyl (C=O) groups excluding carboxylic acids is 2. The average molecular weight is 426 g/mol. The van der Waals surface area contributed by atoms with Crippen LogP contribution in [0.4, 0.5) is 5.69 Å². The van der Waals surface area contributed by atoms with Crippen LogP contribution < -0.4 is 20.5 Å². The molecule has 0 saturated carbocycles. The Balaban J connectivity index is 1.64. The summed E-state index contributed by atoms with van der Waals surface area (Å²) in [6.45, 7) is -0.247. The van der Waals surface area contributed by atoms with Gasteiger partial charge in [0.15, 0.2) is 18.1 Å². The van der Waals surface area contributed by atoms with Crippen LogP contribution in [0.2, 0.25) is 0 Å². The molecule has 0 saturated heterocycles. The van der Waals surface area contributed by atoms with Crippen molar-refractivity contribution in [3.05, 3.63) is 95.6 Å². The zero-order chi connectivity index (χ0) is 22.8. The summed E-state index contributed by atoms with van der Waals surface area (Å²) in [4.78, 5) is 23.2. The van der Waals surface area contributed by atoms with E-state index in [-0.39, 0.29) is 12.5 Å². The van der Waals surface area contributed by atoms with Gasteiger partial charge in [-0.25, -0.2) is 0 Å². The van der Waals surface area contributed by atoms with Crippen LogP contribution >= 0.6 is 0 Å². The van der Waals surface area contributed by atoms with Crippen LogP contribution in [0.15, 0.2) is 78.9 Å². The second kappa shape index (κ2) is 11.0. The van der Waals surface area contributed by atoms with Crippen LogP contribution in [0.25, 0.3) is 6.08 Å². The summed E-state index contributed by atoms with van der Waals surface area (Å²) in [7, 11) is 1.49. The van der Waals surface area contributed by atoms with Crippen molar-refractivity contribution in [1.29, 1.82) is 0 Å². The van der Waals surface area contributed by atoms with Gasteiger partial charge in [0.25, 0.3) is 5.91 Å². The maximum absolute atomic E-state index is 12.3. The summed E-state index contributed by atoms with van der Waals surface area (Å²) < 4.78 is 10.6. The third-order valence-corrected chi connectivity index (χ3v) is 4.24. The predicted octanol–water partition coefficient (Wildman–Crippen LogP) is 3.61. The van der Waals surface area contributed by atoms with Crippen LogP contribution in [-0.4, -0.2) is 25.5 Å². The Labute approximate surface area is 186 Å². The highest BCUT2D eigenvalue weighted by atomic mass is 16.5. The van der Waals surface area contributed by atoms with E-state index in [0.717, 1.165) is 16.7 Å². The Morgan fingerprint density at radius 3 is 2.44 bits per heavy atom. The summed E-state index contributed by atoms with van der Waals surface area (Å²) in [6.07, 6.45) is 3.07.